The molecule has 10 heteroatoms. The fraction of sp³-hybridized carbons (Fsp3) is 0.320. The molecule has 0 spiro atoms. The van der Waals surface area contributed by atoms with E-state index in [1.165, 1.54) is 26.4 Å². The van der Waals surface area contributed by atoms with Crippen molar-refractivity contribution in [3.8, 4) is 17.2 Å². The van der Waals surface area contributed by atoms with Crippen molar-refractivity contribution >= 4 is 23.4 Å². The van der Waals surface area contributed by atoms with Gasteiger partial charge in [0.15, 0.2) is 17.3 Å². The third kappa shape index (κ3) is 3.56. The summed E-state index contributed by atoms with van der Waals surface area (Å²) in [6.07, 6.45) is 1.75. The van der Waals surface area contributed by atoms with Crippen molar-refractivity contribution in [1.82, 2.24) is 15.1 Å². The predicted octanol–water partition coefficient (Wildman–Crippen LogP) is 4.27. The van der Waals surface area contributed by atoms with Gasteiger partial charge in [0.25, 0.3) is 0 Å². The van der Waals surface area contributed by atoms with Crippen LogP contribution in [0.15, 0.2) is 47.6 Å². The molecule has 2 aliphatic heterocycles. The Hall–Kier alpha value is -4.08. The van der Waals surface area contributed by atoms with E-state index in [4.69, 9.17) is 14.5 Å². The van der Waals surface area contributed by atoms with E-state index < -0.39 is 17.8 Å². The number of nitrogens with zero attached hydrogens (tertiary/aromatic N) is 4. The number of carbonyl (C=O) groups is 1. The Morgan fingerprint density at radius 1 is 1.09 bits per heavy atom. The van der Waals surface area contributed by atoms with Crippen LogP contribution < -0.4 is 19.7 Å². The summed E-state index contributed by atoms with van der Waals surface area (Å²) in [7, 11) is 2.92. The molecule has 1 aromatic heterocycles. The number of nitrogens with one attached hydrogen (secondary N) is 1. The Bertz CT molecular complexity index is 1320. The predicted molar refractivity (Wildman–Crippen MR) is 129 cm³/mol. The minimum Gasteiger partial charge on any atom is -0.502 e. The summed E-state index contributed by atoms with van der Waals surface area (Å²) in [6, 6.07) is 8.23. The minimum absolute atomic E-state index is 0.120. The van der Waals surface area contributed by atoms with Gasteiger partial charge in [-0.15, -0.1) is 0 Å². The summed E-state index contributed by atoms with van der Waals surface area (Å²) >= 11 is 0. The smallest absolute Gasteiger partial charge is 0.328 e. The van der Waals surface area contributed by atoms with E-state index >= 15 is 0 Å². The molecule has 0 saturated carbocycles. The molecule has 5 rings (SSSR count). The van der Waals surface area contributed by atoms with Crippen LogP contribution in [0.1, 0.15) is 37.8 Å². The maximum absolute atomic E-state index is 13.7. The number of hydrogen-bond donors (Lipinski definition) is 2. The Morgan fingerprint density at radius 2 is 1.71 bits per heavy atom. The van der Waals surface area contributed by atoms with Crippen molar-refractivity contribution in [3.63, 3.8) is 0 Å². The fourth-order valence-electron chi connectivity index (χ4n) is 4.69. The molecule has 1 saturated heterocycles. The summed E-state index contributed by atoms with van der Waals surface area (Å²) in [4.78, 5) is 19.6. The van der Waals surface area contributed by atoms with E-state index in [1.54, 1.807) is 35.4 Å². The zero-order valence-electron chi connectivity index (χ0n) is 20.0. The van der Waals surface area contributed by atoms with Gasteiger partial charge >= 0.3 is 6.03 Å². The van der Waals surface area contributed by atoms with Crippen LogP contribution in [0.2, 0.25) is 0 Å². The first-order chi connectivity index (χ1) is 16.6. The van der Waals surface area contributed by atoms with Crippen LogP contribution in [0.4, 0.5) is 20.7 Å². The summed E-state index contributed by atoms with van der Waals surface area (Å²) in [5, 5.41) is 18.0. The zero-order valence-corrected chi connectivity index (χ0v) is 20.0. The number of aliphatic imine (C=N–C) groups is 1. The summed E-state index contributed by atoms with van der Waals surface area (Å²) in [5.74, 6) is 0.586. The number of carbonyl (C=O) groups excluding carboxylic acids is 1. The van der Waals surface area contributed by atoms with Gasteiger partial charge in [-0.25, -0.2) is 18.9 Å². The highest BCUT2D eigenvalue weighted by molar-refractivity contribution is 6.18. The topological polar surface area (TPSA) is 101 Å². The van der Waals surface area contributed by atoms with Gasteiger partial charge in [-0.05, 0) is 62.7 Å². The van der Waals surface area contributed by atoms with Crippen molar-refractivity contribution in [2.75, 3.05) is 19.1 Å². The van der Waals surface area contributed by atoms with E-state index in [0.717, 1.165) is 11.1 Å². The third-order valence-corrected chi connectivity index (χ3v) is 6.26. The number of halogens is 1. The molecular weight excluding hydrogens is 453 g/mol. The van der Waals surface area contributed by atoms with E-state index in [0.29, 0.717) is 17.3 Å². The van der Waals surface area contributed by atoms with Gasteiger partial charge in [0, 0.05) is 17.2 Å². The molecule has 3 aromatic rings. The number of phenolic OH excluding ortho intramolecular Hbond substituents is 1. The number of fused-ring (bicyclic) bond motifs is 2. The maximum Gasteiger partial charge on any atom is 0.328 e. The van der Waals surface area contributed by atoms with Gasteiger partial charge in [-0.2, -0.15) is 5.10 Å². The third-order valence-electron chi connectivity index (χ3n) is 6.26. The van der Waals surface area contributed by atoms with Crippen molar-refractivity contribution < 1.29 is 23.8 Å². The normalized spacial score (nSPS) is 19.1. The molecule has 2 atom stereocenters. The van der Waals surface area contributed by atoms with Gasteiger partial charge in [0.2, 0.25) is 5.75 Å². The van der Waals surface area contributed by atoms with Crippen LogP contribution in [0.3, 0.4) is 0 Å². The maximum atomic E-state index is 13.7. The number of benzene rings is 2. The molecular formula is C25H26FN5O4. The second-order valence-electron chi connectivity index (χ2n) is 9.48. The molecule has 0 aliphatic carbocycles. The lowest BCUT2D eigenvalue weighted by Crippen LogP contribution is -2.42. The molecule has 1 fully saturated rings. The molecule has 2 aromatic carbocycles. The fourth-order valence-corrected chi connectivity index (χ4v) is 4.69. The largest absolute Gasteiger partial charge is 0.502 e. The number of phenols is 1. The van der Waals surface area contributed by atoms with E-state index in [1.807, 2.05) is 25.5 Å². The first kappa shape index (κ1) is 22.7. The minimum atomic E-state index is -0.572. The summed E-state index contributed by atoms with van der Waals surface area (Å²) in [6.45, 7) is 6.06. The Kier molecular flexibility index (Phi) is 5.19. The van der Waals surface area contributed by atoms with E-state index in [9.17, 15) is 14.3 Å². The Morgan fingerprint density at radius 3 is 2.29 bits per heavy atom. The van der Waals surface area contributed by atoms with Crippen LogP contribution in [-0.4, -0.2) is 47.0 Å². The van der Waals surface area contributed by atoms with Crippen LogP contribution in [-0.2, 0) is 5.54 Å². The second-order valence-corrected chi connectivity index (χ2v) is 9.48. The van der Waals surface area contributed by atoms with Crippen LogP contribution in [0, 0.1) is 5.82 Å². The van der Waals surface area contributed by atoms with Crippen LogP contribution in [0.5, 0.6) is 17.2 Å². The molecule has 35 heavy (non-hydrogen) atoms. The summed E-state index contributed by atoms with van der Waals surface area (Å²) in [5.41, 5.74) is 1.69. The van der Waals surface area contributed by atoms with Crippen molar-refractivity contribution in [3.05, 3.63) is 59.5 Å². The Balaban J connectivity index is 1.76. The molecule has 0 radical (unpaired) electrons. The van der Waals surface area contributed by atoms with Crippen LogP contribution in [0.25, 0.3) is 0 Å². The lowest BCUT2D eigenvalue weighted by Gasteiger charge is -2.34. The number of rotatable bonds is 4. The van der Waals surface area contributed by atoms with E-state index in [2.05, 4.69) is 10.4 Å². The number of aromatic nitrogens is 2. The monoisotopic (exact) mass is 479 g/mol. The van der Waals surface area contributed by atoms with E-state index in [-0.39, 0.29) is 28.8 Å². The average molecular weight is 480 g/mol. The van der Waals surface area contributed by atoms with Crippen molar-refractivity contribution in [2.24, 2.45) is 4.99 Å². The number of urea groups is 1. The van der Waals surface area contributed by atoms with Gasteiger partial charge in [-0.3, -0.25) is 10.2 Å². The SMILES string of the molecule is COc1cc([C@@H]2c3cnn(C(C)(C)C)c3N=C3NC(=O)N(c4ccc(F)cc4)[C@@H]32)cc(OC)c1O. The number of anilines is 1. The van der Waals surface area contributed by atoms with Crippen molar-refractivity contribution in [1.29, 1.82) is 0 Å². The molecule has 3 heterocycles. The molecule has 2 amide bonds. The number of amides is 2. The van der Waals surface area contributed by atoms with Gasteiger partial charge in [0.05, 0.1) is 26.0 Å². The Labute approximate surface area is 201 Å². The average Bonchev–Trinajstić information content (AvgIpc) is 3.38. The van der Waals surface area contributed by atoms with Gasteiger partial charge in [0.1, 0.15) is 17.7 Å². The molecule has 0 bridgehead atoms. The number of methoxy groups -OCH3 is 2. The van der Waals surface area contributed by atoms with Gasteiger partial charge in [-0.1, -0.05) is 0 Å². The summed E-state index contributed by atoms with van der Waals surface area (Å²) < 4.78 is 26.3. The number of amidine groups is 1. The lowest BCUT2D eigenvalue weighted by molar-refractivity contribution is 0.252. The molecule has 9 nitrogen and oxygen atoms in total. The van der Waals surface area contributed by atoms with Crippen LogP contribution >= 0.6 is 0 Å². The molecule has 2 aliphatic rings. The molecule has 182 valence electrons. The highest BCUT2D eigenvalue weighted by Crippen LogP contribution is 2.48. The highest BCUT2D eigenvalue weighted by Gasteiger charge is 2.48. The second kappa shape index (κ2) is 8.00. The molecule has 2 N–H and O–H groups in total. The van der Waals surface area contributed by atoms with Gasteiger partial charge < -0.3 is 14.6 Å². The lowest BCUT2D eigenvalue weighted by atomic mass is 9.83. The zero-order chi connectivity index (χ0) is 25.1. The first-order valence-corrected chi connectivity index (χ1v) is 11.1. The number of aromatic hydroxyl groups is 1. The number of ether oxygens (including phenoxy) is 2. The molecule has 0 unspecified atom stereocenters. The quantitative estimate of drug-likeness (QED) is 0.582. The number of hydrogen-bond acceptors (Lipinski definition) is 6. The first-order valence-electron chi connectivity index (χ1n) is 11.1. The standard InChI is InChI=1S/C25H26FN5O4/c1-25(2,3)31-23-16(12-27-31)19(13-10-17(34-4)21(32)18(11-13)35-5)20-22(28-23)29-24(33)30(20)15-8-6-14(26)7-9-15/h6-12,19-20,32H,1-5H3,(H,28,29,33)/t19-,20-/m1/s1. The highest BCUT2D eigenvalue weighted by atomic mass is 19.1. The van der Waals surface area contributed by atoms with Crippen molar-refractivity contribution in [2.45, 2.75) is 38.3 Å².